The molecule has 1 saturated carbocycles. The lowest BCUT2D eigenvalue weighted by molar-refractivity contribution is -0.135. The van der Waals surface area contributed by atoms with E-state index in [0.717, 1.165) is 42.8 Å². The number of urea groups is 1. The molecule has 1 spiro atoms. The first kappa shape index (κ1) is 22.6. The fourth-order valence-electron chi connectivity index (χ4n) is 4.57. The smallest absolute Gasteiger partial charge is 0.325 e. The summed E-state index contributed by atoms with van der Waals surface area (Å²) >= 11 is 6.41. The van der Waals surface area contributed by atoms with E-state index in [9.17, 15) is 14.4 Å². The topological polar surface area (TPSA) is 81.8 Å². The molecule has 1 heterocycles. The standard InChI is InChI=1S/C22H31ClN4O3/c1-3-26(4-2)18(16-10-6-7-11-17(16)23)14-24-19(28)15-27-20(29)22(25-21(27)30)12-8-5-9-13-22/h6-7,10-11,18H,3-5,8-9,12-15H2,1-2H3,(H,24,28)(H,25,30). The molecule has 3 rings (SSSR count). The van der Waals surface area contributed by atoms with Crippen molar-refractivity contribution < 1.29 is 14.4 Å². The Morgan fingerprint density at radius 3 is 2.50 bits per heavy atom. The fourth-order valence-corrected chi connectivity index (χ4v) is 4.83. The minimum atomic E-state index is -0.809. The van der Waals surface area contributed by atoms with Gasteiger partial charge in [-0.1, -0.05) is 62.9 Å². The Bertz CT molecular complexity index is 790. The van der Waals surface area contributed by atoms with Crippen LogP contribution in [-0.2, 0) is 9.59 Å². The highest BCUT2D eigenvalue weighted by Gasteiger charge is 2.51. The summed E-state index contributed by atoms with van der Waals surface area (Å²) < 4.78 is 0. The molecule has 2 aliphatic rings. The summed E-state index contributed by atoms with van der Waals surface area (Å²) in [5.74, 6) is -0.621. The molecular formula is C22H31ClN4O3. The molecule has 0 bridgehead atoms. The minimum absolute atomic E-state index is 0.0922. The van der Waals surface area contributed by atoms with Crippen molar-refractivity contribution in [3.63, 3.8) is 0 Å². The molecule has 1 atom stereocenters. The number of nitrogens with zero attached hydrogens (tertiary/aromatic N) is 2. The summed E-state index contributed by atoms with van der Waals surface area (Å²) in [4.78, 5) is 41.2. The van der Waals surface area contributed by atoms with Crippen LogP contribution in [0.2, 0.25) is 5.02 Å². The maximum atomic E-state index is 12.9. The van der Waals surface area contributed by atoms with E-state index in [0.29, 0.717) is 24.4 Å². The van der Waals surface area contributed by atoms with Gasteiger partial charge in [0.05, 0.1) is 6.04 Å². The number of hydrogen-bond donors (Lipinski definition) is 2. The summed E-state index contributed by atoms with van der Waals surface area (Å²) in [6.45, 7) is 5.81. The van der Waals surface area contributed by atoms with Crippen molar-refractivity contribution in [1.82, 2.24) is 20.4 Å². The molecule has 1 aliphatic carbocycles. The third-order valence-electron chi connectivity index (χ3n) is 6.26. The number of benzene rings is 1. The Hall–Kier alpha value is -2.12. The summed E-state index contributed by atoms with van der Waals surface area (Å²) in [6.07, 6.45) is 4.18. The zero-order valence-electron chi connectivity index (χ0n) is 17.7. The first-order chi connectivity index (χ1) is 14.4. The first-order valence-electron chi connectivity index (χ1n) is 10.8. The van der Waals surface area contributed by atoms with E-state index < -0.39 is 11.6 Å². The first-order valence-corrected chi connectivity index (χ1v) is 11.2. The summed E-state index contributed by atoms with van der Waals surface area (Å²) in [5.41, 5.74) is 0.135. The third-order valence-corrected chi connectivity index (χ3v) is 6.61. The maximum absolute atomic E-state index is 12.9. The van der Waals surface area contributed by atoms with E-state index >= 15 is 0 Å². The van der Waals surface area contributed by atoms with E-state index in [1.165, 1.54) is 0 Å². The Morgan fingerprint density at radius 1 is 1.20 bits per heavy atom. The SMILES string of the molecule is CCN(CC)C(CNC(=O)CN1C(=O)NC2(CCCCC2)C1=O)c1ccccc1Cl. The average molecular weight is 435 g/mol. The van der Waals surface area contributed by atoms with Crippen LogP contribution in [0, 0.1) is 0 Å². The van der Waals surface area contributed by atoms with Gasteiger partial charge >= 0.3 is 6.03 Å². The monoisotopic (exact) mass is 434 g/mol. The van der Waals surface area contributed by atoms with E-state index in [1.54, 1.807) is 0 Å². The molecule has 1 aliphatic heterocycles. The van der Waals surface area contributed by atoms with Crippen LogP contribution in [0.1, 0.15) is 57.6 Å². The molecule has 0 aromatic heterocycles. The zero-order chi connectivity index (χ0) is 21.7. The molecule has 0 radical (unpaired) electrons. The largest absolute Gasteiger partial charge is 0.353 e. The second-order valence-electron chi connectivity index (χ2n) is 8.03. The van der Waals surface area contributed by atoms with Crippen molar-refractivity contribution in [2.75, 3.05) is 26.2 Å². The van der Waals surface area contributed by atoms with Crippen LogP contribution in [0.5, 0.6) is 0 Å². The van der Waals surface area contributed by atoms with Gasteiger partial charge in [-0.15, -0.1) is 0 Å². The number of likely N-dealkylation sites (N-methyl/N-ethyl adjacent to an activating group) is 1. The number of carbonyl (C=O) groups excluding carboxylic acids is 3. The minimum Gasteiger partial charge on any atom is -0.353 e. The van der Waals surface area contributed by atoms with Gasteiger partial charge in [-0.25, -0.2) is 4.79 Å². The van der Waals surface area contributed by atoms with Crippen molar-refractivity contribution in [3.05, 3.63) is 34.9 Å². The van der Waals surface area contributed by atoms with Crippen molar-refractivity contribution in [1.29, 1.82) is 0 Å². The van der Waals surface area contributed by atoms with Crippen LogP contribution in [0.3, 0.4) is 0 Å². The molecular weight excluding hydrogens is 404 g/mol. The van der Waals surface area contributed by atoms with Crippen molar-refractivity contribution in [2.45, 2.75) is 57.5 Å². The number of halogens is 1. The molecule has 1 aromatic rings. The normalized spacial score (nSPS) is 19.3. The average Bonchev–Trinajstić information content (AvgIpc) is 2.96. The van der Waals surface area contributed by atoms with Crippen molar-refractivity contribution >= 4 is 29.4 Å². The van der Waals surface area contributed by atoms with Gasteiger partial charge in [-0.05, 0) is 37.6 Å². The summed E-state index contributed by atoms with van der Waals surface area (Å²) in [7, 11) is 0. The van der Waals surface area contributed by atoms with Gasteiger partial charge in [0.25, 0.3) is 5.91 Å². The molecule has 164 valence electrons. The molecule has 2 N–H and O–H groups in total. The van der Waals surface area contributed by atoms with Crippen molar-refractivity contribution in [3.8, 4) is 0 Å². The number of carbonyl (C=O) groups is 3. The second-order valence-corrected chi connectivity index (χ2v) is 8.43. The third kappa shape index (κ3) is 4.62. The van der Waals surface area contributed by atoms with E-state index in [2.05, 4.69) is 29.4 Å². The highest BCUT2D eigenvalue weighted by molar-refractivity contribution is 6.31. The number of hydrogen-bond acceptors (Lipinski definition) is 4. The number of amides is 4. The van der Waals surface area contributed by atoms with Gasteiger partial charge in [0.2, 0.25) is 5.91 Å². The fraction of sp³-hybridized carbons (Fsp3) is 0.591. The van der Waals surface area contributed by atoms with E-state index in [-0.39, 0.29) is 24.4 Å². The lowest BCUT2D eigenvalue weighted by Gasteiger charge is -2.31. The van der Waals surface area contributed by atoms with Gasteiger partial charge in [-0.2, -0.15) is 0 Å². The van der Waals surface area contributed by atoms with Crippen LogP contribution in [0.4, 0.5) is 4.79 Å². The molecule has 8 heteroatoms. The van der Waals surface area contributed by atoms with Gasteiger partial charge in [-0.3, -0.25) is 19.4 Å². The van der Waals surface area contributed by atoms with Gasteiger partial charge < -0.3 is 10.6 Å². The predicted octanol–water partition coefficient (Wildman–Crippen LogP) is 3.09. The number of nitrogens with one attached hydrogen (secondary N) is 2. The molecule has 2 fully saturated rings. The Morgan fingerprint density at radius 2 is 1.87 bits per heavy atom. The van der Waals surface area contributed by atoms with Crippen LogP contribution >= 0.6 is 11.6 Å². The maximum Gasteiger partial charge on any atom is 0.325 e. The second kappa shape index (κ2) is 9.79. The number of imide groups is 1. The highest BCUT2D eigenvalue weighted by atomic mass is 35.5. The Balaban J connectivity index is 1.65. The van der Waals surface area contributed by atoms with E-state index in [1.807, 2.05) is 24.3 Å². The van der Waals surface area contributed by atoms with Gasteiger partial charge in [0.15, 0.2) is 0 Å². The van der Waals surface area contributed by atoms with Gasteiger partial charge in [0, 0.05) is 11.6 Å². The highest BCUT2D eigenvalue weighted by Crippen LogP contribution is 2.33. The lowest BCUT2D eigenvalue weighted by atomic mass is 9.82. The van der Waals surface area contributed by atoms with Crippen LogP contribution in [0.25, 0.3) is 0 Å². The quantitative estimate of drug-likeness (QED) is 0.616. The van der Waals surface area contributed by atoms with E-state index in [4.69, 9.17) is 11.6 Å². The van der Waals surface area contributed by atoms with Gasteiger partial charge in [0.1, 0.15) is 12.1 Å². The van der Waals surface area contributed by atoms with Crippen LogP contribution in [-0.4, -0.2) is 59.4 Å². The van der Waals surface area contributed by atoms with Crippen LogP contribution in [0.15, 0.2) is 24.3 Å². The molecule has 4 amide bonds. The molecule has 30 heavy (non-hydrogen) atoms. The lowest BCUT2D eigenvalue weighted by Crippen LogP contribution is -2.49. The Kier molecular flexibility index (Phi) is 7.36. The summed E-state index contributed by atoms with van der Waals surface area (Å²) in [5, 5.41) is 6.39. The Labute approximate surface area is 183 Å². The zero-order valence-corrected chi connectivity index (χ0v) is 18.5. The van der Waals surface area contributed by atoms with Crippen LogP contribution < -0.4 is 10.6 Å². The molecule has 7 nitrogen and oxygen atoms in total. The summed E-state index contributed by atoms with van der Waals surface area (Å²) in [6, 6.07) is 7.04. The molecule has 1 unspecified atom stereocenters. The van der Waals surface area contributed by atoms with Crippen molar-refractivity contribution in [2.24, 2.45) is 0 Å². The number of rotatable bonds is 8. The molecule has 1 saturated heterocycles. The molecule has 1 aromatic carbocycles. The predicted molar refractivity (Wildman–Crippen MR) is 116 cm³/mol.